The second-order valence-electron chi connectivity index (χ2n) is 11.6. The van der Waals surface area contributed by atoms with E-state index in [9.17, 15) is 23.9 Å². The van der Waals surface area contributed by atoms with Crippen molar-refractivity contribution >= 4 is 29.1 Å². The highest BCUT2D eigenvalue weighted by Crippen LogP contribution is 2.62. The summed E-state index contributed by atoms with van der Waals surface area (Å²) in [6.07, 6.45) is 1.88. The number of imide groups is 1. The molecule has 0 bridgehead atoms. The molecule has 2 amide bonds. The number of nitrogens with zero attached hydrogens (tertiary/aromatic N) is 4. The molecule has 3 aliphatic rings. The van der Waals surface area contributed by atoms with E-state index in [1.54, 1.807) is 48.5 Å². The third-order valence-corrected chi connectivity index (χ3v) is 9.54. The van der Waals surface area contributed by atoms with Gasteiger partial charge in [0.05, 0.1) is 36.2 Å². The molecule has 1 aliphatic carbocycles. The van der Waals surface area contributed by atoms with Crippen LogP contribution in [0.4, 0.5) is 10.1 Å². The first-order valence-corrected chi connectivity index (χ1v) is 15.1. The maximum absolute atomic E-state index is 15.1. The summed E-state index contributed by atoms with van der Waals surface area (Å²) in [4.78, 5) is 56.2. The number of allylic oxidation sites excluding steroid dienone is 2. The number of carbonyl (C=O) groups excluding carboxylic acids is 2. The lowest BCUT2D eigenvalue weighted by atomic mass is 9.53. The zero-order valence-corrected chi connectivity index (χ0v) is 25.4. The molecule has 1 saturated heterocycles. The number of ether oxygens (including phenoxy) is 1. The van der Waals surface area contributed by atoms with Gasteiger partial charge in [0.1, 0.15) is 18.2 Å². The molecule has 46 heavy (non-hydrogen) atoms. The molecule has 3 aromatic carbocycles. The third-order valence-electron chi connectivity index (χ3n) is 9.29. The highest BCUT2D eigenvalue weighted by Gasteiger charge is 2.69. The zero-order valence-electron chi connectivity index (χ0n) is 24.6. The van der Waals surface area contributed by atoms with Crippen molar-refractivity contribution in [3.8, 4) is 5.75 Å². The summed E-state index contributed by atoms with van der Waals surface area (Å²) in [5.74, 6) is -3.08. The molecule has 0 spiro atoms. The number of hydrogen-bond acceptors (Lipinski definition) is 7. The number of carbonyl (C=O) groups is 2. The number of hydrazine groups is 1. The summed E-state index contributed by atoms with van der Waals surface area (Å²) in [5.41, 5.74) is 2.39. The van der Waals surface area contributed by atoms with Gasteiger partial charge >= 0.3 is 11.4 Å². The van der Waals surface area contributed by atoms with E-state index < -0.39 is 52.3 Å². The van der Waals surface area contributed by atoms with Gasteiger partial charge in [0.15, 0.2) is 0 Å². The van der Waals surface area contributed by atoms with Crippen LogP contribution in [-0.2, 0) is 28.6 Å². The van der Waals surface area contributed by atoms with Crippen LogP contribution in [0.1, 0.15) is 29.5 Å². The minimum Gasteiger partial charge on any atom is -0.491 e. The van der Waals surface area contributed by atoms with E-state index in [0.717, 1.165) is 9.58 Å². The van der Waals surface area contributed by atoms with E-state index >= 15 is 4.79 Å². The number of benzene rings is 3. The number of rotatable bonds is 7. The second-order valence-corrected chi connectivity index (χ2v) is 12.0. The van der Waals surface area contributed by atoms with Crippen LogP contribution in [0.15, 0.2) is 94.0 Å². The summed E-state index contributed by atoms with van der Waals surface area (Å²) in [5, 5.41) is 11.0. The number of nitrogens with one attached hydrogen (secondary N) is 1. The normalized spacial score (nSPS) is 23.4. The summed E-state index contributed by atoms with van der Waals surface area (Å²) < 4.78 is 23.5. The Morgan fingerprint density at radius 2 is 1.72 bits per heavy atom. The standard InChI is InChI=1S/C33H29ClFN5O6/c1-37-31(44)38-15-14-23-26(40(38)32(37)45)18-25-29(42)39(36-22-12-10-21(35)11-13-22)30(43)33(25,19-6-8-20(34)9-7-19)28(23)24-4-2-3-5-27(24)46-17-16-41/h2-14,25-26,28,36,41H,15-18H2,1H3/t25-,26+,28+,33+/m0/s1. The average molecular weight is 646 g/mol. The lowest BCUT2D eigenvalue weighted by molar-refractivity contribution is -0.138. The topological polar surface area (TPSA) is 128 Å². The van der Waals surface area contributed by atoms with Crippen LogP contribution in [0, 0.1) is 11.7 Å². The highest BCUT2D eigenvalue weighted by molar-refractivity contribution is 6.30. The lowest BCUT2D eigenvalue weighted by Crippen LogP contribution is -2.53. The summed E-state index contributed by atoms with van der Waals surface area (Å²) in [6, 6.07) is 18.4. The monoisotopic (exact) mass is 645 g/mol. The Morgan fingerprint density at radius 1 is 1.00 bits per heavy atom. The van der Waals surface area contributed by atoms with Crippen molar-refractivity contribution in [2.45, 2.75) is 30.3 Å². The van der Waals surface area contributed by atoms with Crippen LogP contribution < -0.4 is 21.5 Å². The number of hydrogen-bond donors (Lipinski definition) is 2. The van der Waals surface area contributed by atoms with E-state index in [1.807, 2.05) is 6.08 Å². The maximum atomic E-state index is 15.1. The maximum Gasteiger partial charge on any atom is 0.347 e. The predicted octanol–water partition coefficient (Wildman–Crippen LogP) is 3.13. The van der Waals surface area contributed by atoms with E-state index in [4.69, 9.17) is 16.3 Å². The Morgan fingerprint density at radius 3 is 2.43 bits per heavy atom. The van der Waals surface area contributed by atoms with Gasteiger partial charge in [-0.05, 0) is 60.0 Å². The average Bonchev–Trinajstić information content (AvgIpc) is 3.41. The van der Waals surface area contributed by atoms with Gasteiger partial charge in [-0.2, -0.15) is 5.01 Å². The summed E-state index contributed by atoms with van der Waals surface area (Å²) in [7, 11) is 1.40. The van der Waals surface area contributed by atoms with Crippen LogP contribution in [0.2, 0.25) is 5.02 Å². The number of fused-ring (bicyclic) bond motifs is 4. The summed E-state index contributed by atoms with van der Waals surface area (Å²) >= 11 is 6.31. The molecule has 4 atom stereocenters. The Hall–Kier alpha value is -4.94. The molecule has 236 valence electrons. The SMILES string of the molecule is Cn1c(=O)n2n(c1=O)[C@@H]1C[C@H]3C(=O)N(Nc4ccc(F)cc4)C(=O)[C@@]3(c3ccc(Cl)cc3)[C@@H](c3ccccc3OCCO)C1=CC2. The quantitative estimate of drug-likeness (QED) is 0.234. The molecule has 0 radical (unpaired) electrons. The van der Waals surface area contributed by atoms with Crippen LogP contribution in [0.25, 0.3) is 0 Å². The van der Waals surface area contributed by atoms with Crippen molar-refractivity contribution in [2.24, 2.45) is 13.0 Å². The largest absolute Gasteiger partial charge is 0.491 e. The molecule has 1 aromatic heterocycles. The number of anilines is 1. The van der Waals surface area contributed by atoms with Crippen molar-refractivity contribution < 1.29 is 23.8 Å². The van der Waals surface area contributed by atoms with Crippen molar-refractivity contribution in [1.29, 1.82) is 0 Å². The van der Waals surface area contributed by atoms with E-state index in [-0.39, 0.29) is 26.2 Å². The Balaban J connectivity index is 1.51. The number of aliphatic hydroxyl groups is 1. The first-order valence-electron chi connectivity index (χ1n) is 14.8. The molecule has 2 N–H and O–H groups in total. The van der Waals surface area contributed by atoms with Gasteiger partial charge in [0.25, 0.3) is 11.8 Å². The number of aliphatic hydroxyl groups excluding tert-OH is 1. The number of para-hydroxylation sites is 1. The van der Waals surface area contributed by atoms with Crippen LogP contribution in [-0.4, -0.2) is 49.1 Å². The van der Waals surface area contributed by atoms with Gasteiger partial charge in [-0.15, -0.1) is 0 Å². The van der Waals surface area contributed by atoms with Gasteiger partial charge in [-0.3, -0.25) is 15.0 Å². The minimum atomic E-state index is -1.56. The first kappa shape index (κ1) is 29.8. The van der Waals surface area contributed by atoms with Gasteiger partial charge in [-0.25, -0.2) is 27.9 Å². The molecule has 11 nitrogen and oxygen atoms in total. The number of halogens is 2. The molecule has 1 saturated carbocycles. The number of amides is 2. The van der Waals surface area contributed by atoms with Gasteiger partial charge in [0.2, 0.25) is 0 Å². The predicted molar refractivity (Wildman–Crippen MR) is 166 cm³/mol. The Labute approximate surface area is 266 Å². The van der Waals surface area contributed by atoms with Crippen molar-refractivity contribution in [3.05, 3.63) is 127 Å². The van der Waals surface area contributed by atoms with Crippen molar-refractivity contribution in [1.82, 2.24) is 18.9 Å². The fraction of sp³-hybridized carbons (Fsp3) is 0.273. The Bertz CT molecular complexity index is 2020. The van der Waals surface area contributed by atoms with Crippen LogP contribution in [0.3, 0.4) is 0 Å². The smallest absolute Gasteiger partial charge is 0.347 e. The second kappa shape index (κ2) is 11.1. The van der Waals surface area contributed by atoms with E-state index in [1.165, 1.54) is 40.7 Å². The molecular weight excluding hydrogens is 617 g/mol. The molecule has 2 fully saturated rings. The number of aromatic nitrogens is 3. The fourth-order valence-corrected chi connectivity index (χ4v) is 7.50. The lowest BCUT2D eigenvalue weighted by Gasteiger charge is -2.49. The van der Waals surface area contributed by atoms with E-state index in [2.05, 4.69) is 5.43 Å². The van der Waals surface area contributed by atoms with Crippen LogP contribution in [0.5, 0.6) is 5.75 Å². The fourth-order valence-electron chi connectivity index (χ4n) is 7.38. The molecule has 0 unspecified atom stereocenters. The molecule has 2 aliphatic heterocycles. The minimum absolute atomic E-state index is 0.0214. The van der Waals surface area contributed by atoms with Gasteiger partial charge < -0.3 is 9.84 Å². The zero-order chi connectivity index (χ0) is 32.3. The molecule has 7 rings (SSSR count). The molecule has 13 heteroatoms. The third kappa shape index (κ3) is 4.27. The van der Waals surface area contributed by atoms with E-state index in [0.29, 0.717) is 33.2 Å². The molecule has 3 heterocycles. The highest BCUT2D eigenvalue weighted by atomic mass is 35.5. The van der Waals surface area contributed by atoms with Gasteiger partial charge in [-0.1, -0.05) is 48.0 Å². The molecule has 4 aromatic rings. The van der Waals surface area contributed by atoms with Crippen LogP contribution >= 0.6 is 11.6 Å². The first-order chi connectivity index (χ1) is 22.2. The summed E-state index contributed by atoms with van der Waals surface area (Å²) in [6.45, 7) is -0.210. The van der Waals surface area contributed by atoms with Crippen molar-refractivity contribution in [3.63, 3.8) is 0 Å². The van der Waals surface area contributed by atoms with Crippen molar-refractivity contribution in [2.75, 3.05) is 18.6 Å². The van der Waals surface area contributed by atoms with Gasteiger partial charge in [0, 0.05) is 23.6 Å². The Kier molecular flexibility index (Phi) is 7.21. The molecular formula is C33H29ClFN5O6.